The van der Waals surface area contributed by atoms with Gasteiger partial charge in [-0.1, -0.05) is 19.0 Å². The Morgan fingerprint density at radius 3 is 2.71 bits per heavy atom. The van der Waals surface area contributed by atoms with Crippen molar-refractivity contribution in [3.63, 3.8) is 0 Å². The smallest absolute Gasteiger partial charge is 0.283 e. The zero-order valence-corrected chi connectivity index (χ0v) is 10.3. The van der Waals surface area contributed by atoms with E-state index in [9.17, 15) is 10.1 Å². The van der Waals surface area contributed by atoms with Crippen LogP contribution in [0.5, 0.6) is 0 Å². The predicted octanol–water partition coefficient (Wildman–Crippen LogP) is 2.19. The minimum absolute atomic E-state index is 0.0344. The first-order chi connectivity index (χ1) is 7.95. The molecule has 0 saturated heterocycles. The zero-order chi connectivity index (χ0) is 13.0. The maximum Gasteiger partial charge on any atom is 0.283 e. The molecule has 6 nitrogen and oxygen atoms in total. The van der Waals surface area contributed by atoms with Crippen molar-refractivity contribution in [2.24, 2.45) is 10.9 Å². The standard InChI is InChI=1S/C10H13N3O3S/c1-6(2)17-9-4-3-7(10(11)12-14)5-8(9)13(15)16/h3-6,14H,1-2H3,(H2,11,12). The number of nitro benzene ring substituents is 1. The Labute approximate surface area is 103 Å². The molecule has 3 N–H and O–H groups in total. The highest BCUT2D eigenvalue weighted by Crippen LogP contribution is 2.32. The number of nitro groups is 1. The Morgan fingerprint density at radius 2 is 2.24 bits per heavy atom. The summed E-state index contributed by atoms with van der Waals surface area (Å²) < 4.78 is 0. The first kappa shape index (κ1) is 13.3. The van der Waals surface area contributed by atoms with E-state index < -0.39 is 4.92 Å². The molecule has 0 fully saturated rings. The van der Waals surface area contributed by atoms with Crippen LogP contribution in [0.25, 0.3) is 0 Å². The molecule has 7 heteroatoms. The highest BCUT2D eigenvalue weighted by Gasteiger charge is 2.17. The molecule has 0 atom stereocenters. The molecule has 0 saturated carbocycles. The number of nitrogens with two attached hydrogens (primary N) is 1. The van der Waals surface area contributed by atoms with Crippen LogP contribution in [0, 0.1) is 10.1 Å². The van der Waals surface area contributed by atoms with Crippen LogP contribution in [0.1, 0.15) is 19.4 Å². The Hall–Kier alpha value is -1.76. The number of rotatable bonds is 4. The van der Waals surface area contributed by atoms with Gasteiger partial charge in [0, 0.05) is 16.9 Å². The molecule has 0 spiro atoms. The van der Waals surface area contributed by atoms with Gasteiger partial charge < -0.3 is 10.9 Å². The van der Waals surface area contributed by atoms with E-state index in [0.717, 1.165) is 0 Å². The van der Waals surface area contributed by atoms with Gasteiger partial charge in [-0.15, -0.1) is 11.8 Å². The number of oxime groups is 1. The van der Waals surface area contributed by atoms with E-state index in [1.165, 1.54) is 17.8 Å². The van der Waals surface area contributed by atoms with Crippen LogP contribution >= 0.6 is 11.8 Å². The number of amidine groups is 1. The van der Waals surface area contributed by atoms with Crippen LogP contribution in [-0.4, -0.2) is 21.2 Å². The van der Waals surface area contributed by atoms with Crippen molar-refractivity contribution >= 4 is 23.3 Å². The monoisotopic (exact) mass is 255 g/mol. The normalized spacial score (nSPS) is 11.8. The highest BCUT2D eigenvalue weighted by molar-refractivity contribution is 8.00. The average molecular weight is 255 g/mol. The molecule has 0 aliphatic rings. The van der Waals surface area contributed by atoms with E-state index in [-0.39, 0.29) is 16.8 Å². The summed E-state index contributed by atoms with van der Waals surface area (Å²) in [6.45, 7) is 3.90. The number of benzene rings is 1. The quantitative estimate of drug-likeness (QED) is 0.214. The van der Waals surface area contributed by atoms with Gasteiger partial charge in [0.25, 0.3) is 5.69 Å². The van der Waals surface area contributed by atoms with Gasteiger partial charge in [0.05, 0.1) is 9.82 Å². The first-order valence-corrected chi connectivity index (χ1v) is 5.76. The summed E-state index contributed by atoms with van der Waals surface area (Å²) in [5.74, 6) is -0.144. The number of hydrogen-bond acceptors (Lipinski definition) is 5. The van der Waals surface area contributed by atoms with Crippen LogP contribution in [0.2, 0.25) is 0 Å². The van der Waals surface area contributed by atoms with Gasteiger partial charge in [-0.2, -0.15) is 0 Å². The maximum absolute atomic E-state index is 10.9. The average Bonchev–Trinajstić information content (AvgIpc) is 2.27. The third-order valence-corrected chi connectivity index (χ3v) is 2.99. The fraction of sp³-hybridized carbons (Fsp3) is 0.300. The second-order valence-electron chi connectivity index (χ2n) is 3.59. The van der Waals surface area contributed by atoms with E-state index in [2.05, 4.69) is 5.16 Å². The Bertz CT molecular complexity index is 460. The summed E-state index contributed by atoms with van der Waals surface area (Å²) >= 11 is 1.40. The largest absolute Gasteiger partial charge is 0.409 e. The predicted molar refractivity (Wildman–Crippen MR) is 66.6 cm³/mol. The van der Waals surface area contributed by atoms with Crippen molar-refractivity contribution < 1.29 is 10.1 Å². The first-order valence-electron chi connectivity index (χ1n) is 4.88. The van der Waals surface area contributed by atoms with Gasteiger partial charge in [-0.05, 0) is 12.1 Å². The van der Waals surface area contributed by atoms with Gasteiger partial charge in [0.1, 0.15) is 0 Å². The van der Waals surface area contributed by atoms with Crippen LogP contribution in [0.3, 0.4) is 0 Å². The lowest BCUT2D eigenvalue weighted by molar-refractivity contribution is -0.387. The molecule has 0 radical (unpaired) electrons. The van der Waals surface area contributed by atoms with Crippen LogP contribution in [0.15, 0.2) is 28.3 Å². The second-order valence-corrected chi connectivity index (χ2v) is 5.21. The van der Waals surface area contributed by atoms with E-state index in [1.807, 2.05) is 13.8 Å². The van der Waals surface area contributed by atoms with Gasteiger partial charge in [0.2, 0.25) is 0 Å². The van der Waals surface area contributed by atoms with Crippen molar-refractivity contribution in [1.82, 2.24) is 0 Å². The molecule has 0 aliphatic heterocycles. The van der Waals surface area contributed by atoms with Crippen molar-refractivity contribution in [3.05, 3.63) is 33.9 Å². The van der Waals surface area contributed by atoms with Crippen LogP contribution in [-0.2, 0) is 0 Å². The number of nitrogens with zero attached hydrogens (tertiary/aromatic N) is 2. The molecule has 0 heterocycles. The Morgan fingerprint density at radius 1 is 1.59 bits per heavy atom. The minimum atomic E-state index is -0.473. The van der Waals surface area contributed by atoms with E-state index in [4.69, 9.17) is 10.9 Å². The molecular formula is C10H13N3O3S. The van der Waals surface area contributed by atoms with Crippen LogP contribution in [0.4, 0.5) is 5.69 Å². The third kappa shape index (κ3) is 3.35. The lowest BCUT2D eigenvalue weighted by Crippen LogP contribution is -2.13. The third-order valence-electron chi connectivity index (χ3n) is 1.92. The van der Waals surface area contributed by atoms with Gasteiger partial charge >= 0.3 is 0 Å². The molecule has 1 rings (SSSR count). The molecule has 0 amide bonds. The minimum Gasteiger partial charge on any atom is -0.409 e. The number of thioether (sulfide) groups is 1. The topological polar surface area (TPSA) is 102 Å². The molecule has 0 unspecified atom stereocenters. The molecular weight excluding hydrogens is 242 g/mol. The summed E-state index contributed by atoms with van der Waals surface area (Å²) in [5.41, 5.74) is 5.68. The Balaban J connectivity index is 3.22. The summed E-state index contributed by atoms with van der Waals surface area (Å²) in [6.07, 6.45) is 0. The summed E-state index contributed by atoms with van der Waals surface area (Å²) in [7, 11) is 0. The molecule has 0 bridgehead atoms. The van der Waals surface area contributed by atoms with Gasteiger partial charge in [0.15, 0.2) is 5.84 Å². The van der Waals surface area contributed by atoms with Gasteiger partial charge in [-0.3, -0.25) is 10.1 Å². The fourth-order valence-corrected chi connectivity index (χ4v) is 2.14. The molecule has 17 heavy (non-hydrogen) atoms. The molecule has 92 valence electrons. The number of hydrogen-bond donors (Lipinski definition) is 2. The molecule has 1 aromatic rings. The molecule has 0 aliphatic carbocycles. The molecule has 1 aromatic carbocycles. The van der Waals surface area contributed by atoms with Crippen molar-refractivity contribution in [2.75, 3.05) is 0 Å². The SMILES string of the molecule is CC(C)Sc1ccc(/C(N)=N\O)cc1[N+](=O)[O-]. The van der Waals surface area contributed by atoms with E-state index in [1.54, 1.807) is 12.1 Å². The van der Waals surface area contributed by atoms with Gasteiger partial charge in [-0.25, -0.2) is 0 Å². The zero-order valence-electron chi connectivity index (χ0n) is 9.45. The Kier molecular flexibility index (Phi) is 4.33. The van der Waals surface area contributed by atoms with Crippen molar-refractivity contribution in [3.8, 4) is 0 Å². The van der Waals surface area contributed by atoms with E-state index >= 15 is 0 Å². The molecule has 0 aromatic heterocycles. The second kappa shape index (κ2) is 5.53. The summed E-state index contributed by atoms with van der Waals surface area (Å²) in [5, 5.41) is 22.5. The van der Waals surface area contributed by atoms with Crippen molar-refractivity contribution in [2.45, 2.75) is 24.0 Å². The van der Waals surface area contributed by atoms with Crippen LogP contribution < -0.4 is 5.73 Å². The summed E-state index contributed by atoms with van der Waals surface area (Å²) in [4.78, 5) is 11.0. The summed E-state index contributed by atoms with van der Waals surface area (Å²) in [6, 6.07) is 4.50. The maximum atomic E-state index is 10.9. The lowest BCUT2D eigenvalue weighted by atomic mass is 10.2. The lowest BCUT2D eigenvalue weighted by Gasteiger charge is -2.07. The fourth-order valence-electron chi connectivity index (χ4n) is 1.23. The van der Waals surface area contributed by atoms with E-state index in [0.29, 0.717) is 10.5 Å². The highest BCUT2D eigenvalue weighted by atomic mass is 32.2. The van der Waals surface area contributed by atoms with Crippen molar-refractivity contribution in [1.29, 1.82) is 0 Å².